The van der Waals surface area contributed by atoms with Crippen LogP contribution in [0, 0.1) is 0 Å². The van der Waals surface area contributed by atoms with Gasteiger partial charge in [0, 0.05) is 10.9 Å². The van der Waals surface area contributed by atoms with Crippen LogP contribution in [0.4, 0.5) is 0 Å². The summed E-state index contributed by atoms with van der Waals surface area (Å²) in [4.78, 5) is 25.9. The summed E-state index contributed by atoms with van der Waals surface area (Å²) in [5.41, 5.74) is 2.82. The number of nitrogens with one attached hydrogen (secondary N) is 2. The molecule has 0 aliphatic heterocycles. The summed E-state index contributed by atoms with van der Waals surface area (Å²) in [6, 6.07) is 24.0. The van der Waals surface area contributed by atoms with Crippen LogP contribution in [0.25, 0.3) is 0 Å². The van der Waals surface area contributed by atoms with Gasteiger partial charge in [0.2, 0.25) is 11.8 Å². The normalized spacial score (nSPS) is 12.5. The third-order valence-corrected chi connectivity index (χ3v) is 5.72. The highest BCUT2D eigenvalue weighted by molar-refractivity contribution is 9.10. The van der Waals surface area contributed by atoms with E-state index in [0.29, 0.717) is 6.42 Å². The van der Waals surface area contributed by atoms with Crippen molar-refractivity contribution in [1.82, 2.24) is 10.6 Å². The third-order valence-electron chi connectivity index (χ3n) is 5.19. The van der Waals surface area contributed by atoms with Crippen molar-refractivity contribution in [2.75, 3.05) is 7.11 Å². The highest BCUT2D eigenvalue weighted by atomic mass is 79.9. The highest BCUT2D eigenvalue weighted by Gasteiger charge is 2.23. The standard InChI is InChI=1S/C26H27BrN2O3/c1-18(21-6-4-3-5-7-21)28-26(31)24(16-19-8-12-22(27)13-9-19)29-25(30)17-20-10-14-23(32-2)15-11-20/h3-15,18,24H,16-17H2,1-2H3,(H,28,31)(H,29,30). The Balaban J connectivity index is 1.70. The van der Waals surface area contributed by atoms with Crippen LogP contribution in [-0.2, 0) is 22.4 Å². The molecule has 3 aromatic rings. The first-order valence-corrected chi connectivity index (χ1v) is 11.3. The molecule has 0 bridgehead atoms. The van der Waals surface area contributed by atoms with Crippen LogP contribution >= 0.6 is 15.9 Å². The van der Waals surface area contributed by atoms with Crippen LogP contribution in [0.1, 0.15) is 29.7 Å². The maximum absolute atomic E-state index is 13.1. The van der Waals surface area contributed by atoms with Crippen molar-refractivity contribution in [2.24, 2.45) is 0 Å². The molecule has 6 heteroatoms. The zero-order valence-corrected chi connectivity index (χ0v) is 19.8. The maximum Gasteiger partial charge on any atom is 0.243 e. The summed E-state index contributed by atoms with van der Waals surface area (Å²) in [7, 11) is 1.60. The van der Waals surface area contributed by atoms with Crippen LogP contribution in [0.3, 0.4) is 0 Å². The van der Waals surface area contributed by atoms with Crippen molar-refractivity contribution in [2.45, 2.75) is 31.8 Å². The van der Waals surface area contributed by atoms with E-state index in [9.17, 15) is 9.59 Å². The van der Waals surface area contributed by atoms with E-state index in [2.05, 4.69) is 26.6 Å². The van der Waals surface area contributed by atoms with Gasteiger partial charge in [-0.25, -0.2) is 0 Å². The number of rotatable bonds is 9. The number of hydrogen-bond donors (Lipinski definition) is 2. The molecule has 3 aromatic carbocycles. The minimum Gasteiger partial charge on any atom is -0.497 e. The van der Waals surface area contributed by atoms with E-state index in [-0.39, 0.29) is 24.3 Å². The van der Waals surface area contributed by atoms with Gasteiger partial charge in [-0.15, -0.1) is 0 Å². The molecule has 5 nitrogen and oxygen atoms in total. The highest BCUT2D eigenvalue weighted by Crippen LogP contribution is 2.15. The third kappa shape index (κ3) is 6.95. The van der Waals surface area contributed by atoms with Crippen molar-refractivity contribution in [1.29, 1.82) is 0 Å². The number of benzene rings is 3. The fraction of sp³-hybridized carbons (Fsp3) is 0.231. The maximum atomic E-state index is 13.1. The summed E-state index contributed by atoms with van der Waals surface area (Å²) in [5.74, 6) is 0.309. The number of halogens is 1. The molecule has 32 heavy (non-hydrogen) atoms. The van der Waals surface area contributed by atoms with E-state index in [0.717, 1.165) is 26.9 Å². The summed E-state index contributed by atoms with van der Waals surface area (Å²) < 4.78 is 6.12. The molecule has 0 aliphatic carbocycles. The van der Waals surface area contributed by atoms with Gasteiger partial charge in [-0.05, 0) is 47.9 Å². The van der Waals surface area contributed by atoms with Crippen molar-refractivity contribution < 1.29 is 14.3 Å². The average molecular weight is 495 g/mol. The van der Waals surface area contributed by atoms with Gasteiger partial charge in [0.25, 0.3) is 0 Å². The monoisotopic (exact) mass is 494 g/mol. The molecule has 0 saturated carbocycles. The fourth-order valence-corrected chi connectivity index (χ4v) is 3.64. The lowest BCUT2D eigenvalue weighted by Gasteiger charge is -2.22. The molecular weight excluding hydrogens is 468 g/mol. The summed E-state index contributed by atoms with van der Waals surface area (Å²) in [6.45, 7) is 1.93. The van der Waals surface area contributed by atoms with E-state index in [1.807, 2.05) is 85.8 Å². The molecule has 2 atom stereocenters. The molecule has 2 unspecified atom stereocenters. The number of ether oxygens (including phenoxy) is 1. The van der Waals surface area contributed by atoms with E-state index >= 15 is 0 Å². The molecule has 2 N–H and O–H groups in total. The number of carbonyl (C=O) groups is 2. The van der Waals surface area contributed by atoms with E-state index < -0.39 is 6.04 Å². The Labute approximate surface area is 197 Å². The minimum atomic E-state index is -0.687. The summed E-state index contributed by atoms with van der Waals surface area (Å²) in [5, 5.41) is 5.95. The SMILES string of the molecule is COc1ccc(CC(=O)NC(Cc2ccc(Br)cc2)C(=O)NC(C)c2ccccc2)cc1. The van der Waals surface area contributed by atoms with Crippen molar-refractivity contribution in [3.63, 3.8) is 0 Å². The van der Waals surface area contributed by atoms with Gasteiger partial charge in [-0.3, -0.25) is 9.59 Å². The Kier molecular flexibility index (Phi) is 8.45. The van der Waals surface area contributed by atoms with Gasteiger partial charge in [-0.2, -0.15) is 0 Å². The molecular formula is C26H27BrN2O3. The Bertz CT molecular complexity index is 1020. The molecule has 2 amide bonds. The predicted molar refractivity (Wildman–Crippen MR) is 129 cm³/mol. The van der Waals surface area contributed by atoms with Gasteiger partial charge in [0.1, 0.15) is 11.8 Å². The van der Waals surface area contributed by atoms with Gasteiger partial charge >= 0.3 is 0 Å². The van der Waals surface area contributed by atoms with E-state index in [4.69, 9.17) is 4.74 Å². The largest absolute Gasteiger partial charge is 0.497 e. The van der Waals surface area contributed by atoms with Gasteiger partial charge in [-0.1, -0.05) is 70.5 Å². The molecule has 0 heterocycles. The summed E-state index contributed by atoms with van der Waals surface area (Å²) >= 11 is 3.43. The number of carbonyl (C=O) groups excluding carboxylic acids is 2. The van der Waals surface area contributed by atoms with Crippen LogP contribution in [0.15, 0.2) is 83.3 Å². The topological polar surface area (TPSA) is 67.4 Å². The van der Waals surface area contributed by atoms with Crippen LogP contribution in [-0.4, -0.2) is 25.0 Å². The molecule has 166 valence electrons. The molecule has 0 radical (unpaired) electrons. The van der Waals surface area contributed by atoms with Crippen molar-refractivity contribution in [3.8, 4) is 5.75 Å². The first-order chi connectivity index (χ1) is 15.4. The molecule has 0 aliphatic rings. The quantitative estimate of drug-likeness (QED) is 0.456. The smallest absolute Gasteiger partial charge is 0.243 e. The average Bonchev–Trinajstić information content (AvgIpc) is 2.81. The summed E-state index contributed by atoms with van der Waals surface area (Å²) in [6.07, 6.45) is 0.581. The lowest BCUT2D eigenvalue weighted by Crippen LogP contribution is -2.49. The van der Waals surface area contributed by atoms with Crippen LogP contribution < -0.4 is 15.4 Å². The second-order valence-electron chi connectivity index (χ2n) is 7.62. The second-order valence-corrected chi connectivity index (χ2v) is 8.53. The molecule has 0 saturated heterocycles. The zero-order chi connectivity index (χ0) is 22.9. The Morgan fingerprint density at radius 1 is 0.875 bits per heavy atom. The Morgan fingerprint density at radius 3 is 2.12 bits per heavy atom. The zero-order valence-electron chi connectivity index (χ0n) is 18.2. The first kappa shape index (κ1) is 23.5. The Morgan fingerprint density at radius 2 is 1.50 bits per heavy atom. The first-order valence-electron chi connectivity index (χ1n) is 10.5. The molecule has 0 aromatic heterocycles. The van der Waals surface area contributed by atoms with E-state index in [1.54, 1.807) is 7.11 Å². The van der Waals surface area contributed by atoms with E-state index in [1.165, 1.54) is 0 Å². The van der Waals surface area contributed by atoms with Crippen molar-refractivity contribution >= 4 is 27.7 Å². The second kappa shape index (κ2) is 11.5. The van der Waals surface area contributed by atoms with Gasteiger partial charge in [0.15, 0.2) is 0 Å². The number of amides is 2. The Hall–Kier alpha value is -3.12. The lowest BCUT2D eigenvalue weighted by atomic mass is 10.0. The van der Waals surface area contributed by atoms with Gasteiger partial charge < -0.3 is 15.4 Å². The molecule has 0 spiro atoms. The predicted octanol–water partition coefficient (Wildman–Crippen LogP) is 4.61. The minimum absolute atomic E-state index is 0.172. The van der Waals surface area contributed by atoms with Crippen LogP contribution in [0.2, 0.25) is 0 Å². The lowest BCUT2D eigenvalue weighted by molar-refractivity contribution is -0.129. The number of hydrogen-bond acceptors (Lipinski definition) is 3. The molecule has 0 fully saturated rings. The fourth-order valence-electron chi connectivity index (χ4n) is 3.38. The van der Waals surface area contributed by atoms with Gasteiger partial charge in [0.05, 0.1) is 19.6 Å². The number of methoxy groups -OCH3 is 1. The van der Waals surface area contributed by atoms with Crippen molar-refractivity contribution in [3.05, 3.63) is 100 Å². The van der Waals surface area contributed by atoms with Crippen LogP contribution in [0.5, 0.6) is 5.75 Å². The molecule has 3 rings (SSSR count).